The second kappa shape index (κ2) is 6.10. The van der Waals surface area contributed by atoms with Crippen LogP contribution in [-0.2, 0) is 0 Å². The van der Waals surface area contributed by atoms with E-state index in [1.54, 1.807) is 6.20 Å². The molecule has 0 bridgehead atoms. The largest absolute Gasteiger partial charge is 0.402 e. The quantitative estimate of drug-likeness (QED) is 0.838. The summed E-state index contributed by atoms with van der Waals surface area (Å²) in [6, 6.07) is 7.98. The average Bonchev–Trinajstić information content (AvgIpc) is 2.98. The molecule has 0 aliphatic heterocycles. The van der Waals surface area contributed by atoms with Gasteiger partial charge < -0.3 is 11.5 Å². The predicted molar refractivity (Wildman–Crippen MR) is 83.0 cm³/mol. The molecule has 20 heavy (non-hydrogen) atoms. The second-order valence-corrected chi connectivity index (χ2v) is 4.67. The van der Waals surface area contributed by atoms with Gasteiger partial charge >= 0.3 is 0 Å². The third-order valence-corrected chi connectivity index (χ3v) is 3.18. The molecule has 4 heteroatoms. The molecule has 0 aliphatic rings. The van der Waals surface area contributed by atoms with Crippen LogP contribution in [0.2, 0.25) is 0 Å². The van der Waals surface area contributed by atoms with E-state index in [4.69, 9.17) is 11.5 Å². The minimum absolute atomic E-state index is 0.714. The minimum Gasteiger partial charge on any atom is -0.402 e. The van der Waals surface area contributed by atoms with Crippen molar-refractivity contribution in [2.75, 3.05) is 0 Å². The van der Waals surface area contributed by atoms with Gasteiger partial charge in [-0.25, -0.2) is 4.68 Å². The summed E-state index contributed by atoms with van der Waals surface area (Å²) in [4.78, 5) is 0. The van der Waals surface area contributed by atoms with Crippen LogP contribution in [0.5, 0.6) is 0 Å². The number of aromatic nitrogens is 2. The van der Waals surface area contributed by atoms with Crippen LogP contribution in [0.15, 0.2) is 54.5 Å². The molecule has 0 radical (unpaired) electrons. The van der Waals surface area contributed by atoms with Crippen LogP contribution in [-0.4, -0.2) is 9.78 Å². The molecule has 1 aromatic heterocycles. The van der Waals surface area contributed by atoms with E-state index in [0.29, 0.717) is 5.70 Å². The van der Waals surface area contributed by atoms with Crippen molar-refractivity contribution in [2.24, 2.45) is 11.5 Å². The summed E-state index contributed by atoms with van der Waals surface area (Å²) in [6.45, 7) is 4.05. The summed E-state index contributed by atoms with van der Waals surface area (Å²) in [6.07, 6.45) is 8.21. The number of aryl methyl sites for hydroxylation is 1. The summed E-state index contributed by atoms with van der Waals surface area (Å²) < 4.78 is 1.83. The molecule has 4 N–H and O–H groups in total. The van der Waals surface area contributed by atoms with E-state index in [2.05, 4.69) is 11.2 Å². The highest BCUT2D eigenvalue weighted by atomic mass is 15.3. The van der Waals surface area contributed by atoms with Gasteiger partial charge in [0.2, 0.25) is 0 Å². The number of allylic oxidation sites excluding steroid dienone is 3. The average molecular weight is 268 g/mol. The van der Waals surface area contributed by atoms with Crippen molar-refractivity contribution in [2.45, 2.75) is 20.3 Å². The van der Waals surface area contributed by atoms with Crippen LogP contribution in [0.3, 0.4) is 0 Å². The van der Waals surface area contributed by atoms with Crippen molar-refractivity contribution in [1.29, 1.82) is 0 Å². The molecule has 0 atom stereocenters. The maximum absolute atomic E-state index is 6.11. The maximum atomic E-state index is 6.11. The Morgan fingerprint density at radius 1 is 1.30 bits per heavy atom. The smallest absolute Gasteiger partial charge is 0.0648 e. The molecule has 0 unspecified atom stereocenters. The molecular weight excluding hydrogens is 248 g/mol. The highest BCUT2D eigenvalue weighted by Gasteiger charge is 2.04. The summed E-state index contributed by atoms with van der Waals surface area (Å²) in [7, 11) is 0. The second-order valence-electron chi connectivity index (χ2n) is 4.67. The number of rotatable bonds is 4. The zero-order valence-electron chi connectivity index (χ0n) is 11.9. The van der Waals surface area contributed by atoms with E-state index in [0.717, 1.165) is 28.9 Å². The molecule has 0 saturated heterocycles. The van der Waals surface area contributed by atoms with Crippen molar-refractivity contribution in [3.63, 3.8) is 0 Å². The maximum Gasteiger partial charge on any atom is 0.0648 e. The van der Waals surface area contributed by atoms with Gasteiger partial charge in [0.1, 0.15) is 0 Å². The molecule has 0 saturated carbocycles. The summed E-state index contributed by atoms with van der Waals surface area (Å²) in [5, 5.41) is 4.22. The topological polar surface area (TPSA) is 69.9 Å². The van der Waals surface area contributed by atoms with Crippen LogP contribution in [0.25, 0.3) is 11.4 Å². The van der Waals surface area contributed by atoms with Gasteiger partial charge in [-0.2, -0.15) is 5.10 Å². The molecule has 104 valence electrons. The number of hydrogen-bond donors (Lipinski definition) is 2. The normalized spacial score (nSPS) is 12.7. The van der Waals surface area contributed by atoms with Crippen molar-refractivity contribution >= 4 is 5.70 Å². The fourth-order valence-electron chi connectivity index (χ4n) is 1.94. The van der Waals surface area contributed by atoms with Crippen molar-refractivity contribution in [1.82, 2.24) is 9.78 Å². The van der Waals surface area contributed by atoms with E-state index in [1.165, 1.54) is 0 Å². The third-order valence-electron chi connectivity index (χ3n) is 3.18. The van der Waals surface area contributed by atoms with Gasteiger partial charge in [-0.05, 0) is 49.3 Å². The Labute approximate surface area is 119 Å². The van der Waals surface area contributed by atoms with Crippen LogP contribution >= 0.6 is 0 Å². The summed E-state index contributed by atoms with van der Waals surface area (Å²) in [5.74, 6) is 0. The van der Waals surface area contributed by atoms with E-state index in [1.807, 2.05) is 55.1 Å². The van der Waals surface area contributed by atoms with E-state index in [-0.39, 0.29) is 0 Å². The fraction of sp³-hybridized carbons (Fsp3) is 0.188. The molecular formula is C16H20N4. The van der Waals surface area contributed by atoms with Crippen molar-refractivity contribution in [3.05, 3.63) is 65.6 Å². The number of nitrogens with zero attached hydrogens (tertiary/aromatic N) is 2. The minimum atomic E-state index is 0.714. The SMILES string of the molecule is CC/C(N)=C/C=C(\N)c1ccc(-n2cccn2)cc1C. The monoisotopic (exact) mass is 268 g/mol. The highest BCUT2D eigenvalue weighted by molar-refractivity contribution is 5.68. The van der Waals surface area contributed by atoms with Gasteiger partial charge in [0.05, 0.1) is 5.69 Å². The zero-order valence-corrected chi connectivity index (χ0v) is 11.9. The molecule has 2 rings (SSSR count). The molecule has 4 nitrogen and oxygen atoms in total. The fourth-order valence-corrected chi connectivity index (χ4v) is 1.94. The predicted octanol–water partition coefficient (Wildman–Crippen LogP) is 2.73. The lowest BCUT2D eigenvalue weighted by Gasteiger charge is -2.09. The van der Waals surface area contributed by atoms with E-state index in [9.17, 15) is 0 Å². The third kappa shape index (κ3) is 3.09. The summed E-state index contributed by atoms with van der Waals surface area (Å²) in [5.41, 5.74) is 16.6. The van der Waals surface area contributed by atoms with Gasteiger partial charge in [0.25, 0.3) is 0 Å². The van der Waals surface area contributed by atoms with Gasteiger partial charge in [0.15, 0.2) is 0 Å². The molecule has 0 amide bonds. The van der Waals surface area contributed by atoms with Gasteiger partial charge in [-0.3, -0.25) is 0 Å². The van der Waals surface area contributed by atoms with Crippen LogP contribution in [0.1, 0.15) is 24.5 Å². The molecule has 0 fully saturated rings. The summed E-state index contributed by atoms with van der Waals surface area (Å²) >= 11 is 0. The lowest BCUT2D eigenvalue weighted by atomic mass is 10.0. The molecule has 0 aliphatic carbocycles. The number of hydrogen-bond acceptors (Lipinski definition) is 3. The van der Waals surface area contributed by atoms with Crippen molar-refractivity contribution in [3.8, 4) is 5.69 Å². The molecule has 1 aromatic carbocycles. The Hall–Kier alpha value is -2.49. The van der Waals surface area contributed by atoms with Crippen LogP contribution in [0, 0.1) is 6.92 Å². The lowest BCUT2D eigenvalue weighted by molar-refractivity contribution is 0.879. The Kier molecular flexibility index (Phi) is 4.25. The van der Waals surface area contributed by atoms with Crippen molar-refractivity contribution < 1.29 is 0 Å². The van der Waals surface area contributed by atoms with Gasteiger partial charge in [-0.1, -0.05) is 13.0 Å². The number of nitrogens with two attached hydrogens (primary N) is 2. The lowest BCUT2D eigenvalue weighted by Crippen LogP contribution is -2.02. The number of benzene rings is 1. The molecule has 1 heterocycles. The first kappa shape index (κ1) is 13.9. The Bertz CT molecular complexity index is 637. The Morgan fingerprint density at radius 2 is 2.10 bits per heavy atom. The van der Waals surface area contributed by atoms with Gasteiger partial charge in [-0.15, -0.1) is 0 Å². The van der Waals surface area contributed by atoms with Crippen LogP contribution in [0.4, 0.5) is 0 Å². The van der Waals surface area contributed by atoms with E-state index < -0.39 is 0 Å². The van der Waals surface area contributed by atoms with E-state index >= 15 is 0 Å². The molecule has 0 spiro atoms. The standard InChI is InChI=1S/C16H20N4/c1-3-13(17)5-8-16(18)15-7-6-14(11-12(15)2)20-10-4-9-19-20/h4-11H,3,17-18H2,1-2H3/b13-5-,16-8-. The zero-order chi connectivity index (χ0) is 14.5. The highest BCUT2D eigenvalue weighted by Crippen LogP contribution is 2.18. The Morgan fingerprint density at radius 3 is 2.70 bits per heavy atom. The first-order valence-electron chi connectivity index (χ1n) is 6.64. The first-order chi connectivity index (χ1) is 9.61. The van der Waals surface area contributed by atoms with Crippen LogP contribution < -0.4 is 11.5 Å². The Balaban J connectivity index is 2.30. The van der Waals surface area contributed by atoms with Gasteiger partial charge in [0, 0.05) is 29.4 Å². The molecule has 2 aromatic rings. The first-order valence-corrected chi connectivity index (χ1v) is 6.64.